The molecular weight excluding hydrogens is 354 g/mol. The molecule has 7 nitrogen and oxygen atoms in total. The third kappa shape index (κ3) is 3.74. The van der Waals surface area contributed by atoms with E-state index in [1.54, 1.807) is 23.2 Å². The number of aromatic nitrogens is 4. The van der Waals surface area contributed by atoms with Gasteiger partial charge in [-0.05, 0) is 25.0 Å². The number of aryl methyl sites for hydroxylation is 2. The minimum absolute atomic E-state index is 0.0431. The van der Waals surface area contributed by atoms with Crippen molar-refractivity contribution in [2.45, 2.75) is 38.9 Å². The maximum Gasteiger partial charge on any atom is 0.250 e. The SMILES string of the molecule is C[C@H]1CN(C(=O)Cn2ccccc2=O)Cc2nnc(CCc3ccccc3)n21. The number of amides is 1. The van der Waals surface area contributed by atoms with E-state index >= 15 is 0 Å². The quantitative estimate of drug-likeness (QED) is 0.680. The summed E-state index contributed by atoms with van der Waals surface area (Å²) in [7, 11) is 0. The molecule has 0 N–H and O–H groups in total. The molecule has 3 heterocycles. The minimum atomic E-state index is -0.174. The smallest absolute Gasteiger partial charge is 0.250 e. The first-order valence-corrected chi connectivity index (χ1v) is 9.51. The van der Waals surface area contributed by atoms with Gasteiger partial charge in [0, 0.05) is 25.2 Å². The number of hydrogen-bond acceptors (Lipinski definition) is 4. The molecule has 0 saturated carbocycles. The van der Waals surface area contributed by atoms with E-state index in [9.17, 15) is 9.59 Å². The second-order valence-corrected chi connectivity index (χ2v) is 7.18. The highest BCUT2D eigenvalue weighted by Crippen LogP contribution is 2.22. The summed E-state index contributed by atoms with van der Waals surface area (Å²) in [5.74, 6) is 1.67. The monoisotopic (exact) mass is 377 g/mol. The van der Waals surface area contributed by atoms with Gasteiger partial charge in [0.25, 0.3) is 5.56 Å². The Hall–Kier alpha value is -3.22. The number of hydrogen-bond donors (Lipinski definition) is 0. The number of pyridine rings is 1. The molecule has 1 atom stereocenters. The predicted octanol–water partition coefficient (Wildman–Crippen LogP) is 1.83. The second-order valence-electron chi connectivity index (χ2n) is 7.18. The third-order valence-corrected chi connectivity index (χ3v) is 5.13. The fourth-order valence-electron chi connectivity index (χ4n) is 3.71. The van der Waals surface area contributed by atoms with Gasteiger partial charge in [-0.15, -0.1) is 10.2 Å². The van der Waals surface area contributed by atoms with Crippen LogP contribution in [-0.4, -0.2) is 36.7 Å². The molecule has 0 saturated heterocycles. The summed E-state index contributed by atoms with van der Waals surface area (Å²) < 4.78 is 3.58. The molecule has 7 heteroatoms. The van der Waals surface area contributed by atoms with Crippen molar-refractivity contribution >= 4 is 5.91 Å². The van der Waals surface area contributed by atoms with Crippen LogP contribution in [0, 0.1) is 0 Å². The Morgan fingerprint density at radius 1 is 1.07 bits per heavy atom. The first-order chi connectivity index (χ1) is 13.6. The molecular formula is C21H23N5O2. The van der Waals surface area contributed by atoms with E-state index in [1.165, 1.54) is 16.2 Å². The standard InChI is InChI=1S/C21H23N5O2/c1-16-13-25(21(28)15-24-12-6-5-9-20(24)27)14-19-23-22-18(26(16)19)11-10-17-7-3-2-4-8-17/h2-9,12,16H,10-11,13-15H2,1H3/t16-/m0/s1. The zero-order valence-electron chi connectivity index (χ0n) is 15.9. The van der Waals surface area contributed by atoms with Gasteiger partial charge in [0.15, 0.2) is 5.82 Å². The van der Waals surface area contributed by atoms with Gasteiger partial charge in [0.2, 0.25) is 5.91 Å². The number of nitrogens with zero attached hydrogens (tertiary/aromatic N) is 5. The predicted molar refractivity (Wildman–Crippen MR) is 105 cm³/mol. The first kappa shape index (κ1) is 18.2. The highest BCUT2D eigenvalue weighted by molar-refractivity contribution is 5.76. The van der Waals surface area contributed by atoms with Crippen LogP contribution in [0.5, 0.6) is 0 Å². The van der Waals surface area contributed by atoms with Gasteiger partial charge < -0.3 is 14.0 Å². The van der Waals surface area contributed by atoms with Gasteiger partial charge in [0.1, 0.15) is 12.4 Å². The molecule has 0 radical (unpaired) electrons. The van der Waals surface area contributed by atoms with Crippen LogP contribution in [0.2, 0.25) is 0 Å². The van der Waals surface area contributed by atoms with Crippen LogP contribution in [0.15, 0.2) is 59.5 Å². The molecule has 0 unspecified atom stereocenters. The number of benzene rings is 1. The Morgan fingerprint density at radius 2 is 1.86 bits per heavy atom. The average Bonchev–Trinajstić information content (AvgIpc) is 3.12. The highest BCUT2D eigenvalue weighted by atomic mass is 16.2. The highest BCUT2D eigenvalue weighted by Gasteiger charge is 2.29. The van der Waals surface area contributed by atoms with Crippen LogP contribution < -0.4 is 5.56 Å². The summed E-state index contributed by atoms with van der Waals surface area (Å²) >= 11 is 0. The molecule has 0 aliphatic carbocycles. The fraction of sp³-hybridized carbons (Fsp3) is 0.333. The summed E-state index contributed by atoms with van der Waals surface area (Å²) in [5.41, 5.74) is 1.10. The van der Waals surface area contributed by atoms with E-state index in [0.717, 1.165) is 24.5 Å². The van der Waals surface area contributed by atoms with E-state index in [-0.39, 0.29) is 24.1 Å². The average molecular weight is 377 g/mol. The van der Waals surface area contributed by atoms with Crippen LogP contribution in [0.1, 0.15) is 30.2 Å². The Labute approximate surface area is 163 Å². The zero-order chi connectivity index (χ0) is 19.5. The van der Waals surface area contributed by atoms with Crippen LogP contribution in [0.25, 0.3) is 0 Å². The van der Waals surface area contributed by atoms with Crippen molar-refractivity contribution in [2.75, 3.05) is 6.54 Å². The third-order valence-electron chi connectivity index (χ3n) is 5.13. The Balaban J connectivity index is 1.45. The summed E-state index contributed by atoms with van der Waals surface area (Å²) in [5, 5.41) is 8.70. The van der Waals surface area contributed by atoms with Crippen LogP contribution in [0.4, 0.5) is 0 Å². The summed E-state index contributed by atoms with van der Waals surface area (Å²) in [6.07, 6.45) is 3.36. The lowest BCUT2D eigenvalue weighted by atomic mass is 10.1. The summed E-state index contributed by atoms with van der Waals surface area (Å²) in [6.45, 7) is 3.13. The molecule has 0 bridgehead atoms. The normalized spacial score (nSPS) is 16.0. The Bertz CT molecular complexity index is 1020. The van der Waals surface area contributed by atoms with E-state index in [2.05, 4.69) is 33.8 Å². The maximum atomic E-state index is 12.7. The zero-order valence-corrected chi connectivity index (χ0v) is 15.9. The van der Waals surface area contributed by atoms with Gasteiger partial charge in [-0.3, -0.25) is 9.59 Å². The molecule has 1 aromatic carbocycles. The maximum absolute atomic E-state index is 12.7. The summed E-state index contributed by atoms with van der Waals surface area (Å²) in [4.78, 5) is 26.3. The lowest BCUT2D eigenvalue weighted by molar-refractivity contribution is -0.133. The van der Waals surface area contributed by atoms with Crippen molar-refractivity contribution in [2.24, 2.45) is 0 Å². The molecule has 0 spiro atoms. The molecule has 3 aromatic rings. The molecule has 1 aliphatic rings. The molecule has 1 aliphatic heterocycles. The van der Waals surface area contributed by atoms with E-state index < -0.39 is 0 Å². The largest absolute Gasteiger partial charge is 0.332 e. The molecule has 0 fully saturated rings. The molecule has 1 amide bonds. The van der Waals surface area contributed by atoms with Crippen LogP contribution in [0.3, 0.4) is 0 Å². The van der Waals surface area contributed by atoms with E-state index in [1.807, 2.05) is 18.2 Å². The number of carbonyl (C=O) groups excluding carboxylic acids is 1. The Kier molecular flexibility index (Phi) is 5.06. The van der Waals surface area contributed by atoms with Crippen molar-refractivity contribution in [3.63, 3.8) is 0 Å². The van der Waals surface area contributed by atoms with Gasteiger partial charge in [-0.1, -0.05) is 36.4 Å². The molecule has 144 valence electrons. The van der Waals surface area contributed by atoms with Gasteiger partial charge in [-0.2, -0.15) is 0 Å². The van der Waals surface area contributed by atoms with Gasteiger partial charge in [-0.25, -0.2) is 0 Å². The lowest BCUT2D eigenvalue weighted by Crippen LogP contribution is -2.43. The van der Waals surface area contributed by atoms with Crippen molar-refractivity contribution in [3.05, 3.63) is 82.3 Å². The topological polar surface area (TPSA) is 73.0 Å². The van der Waals surface area contributed by atoms with E-state index in [4.69, 9.17) is 0 Å². The first-order valence-electron chi connectivity index (χ1n) is 9.51. The van der Waals surface area contributed by atoms with Crippen molar-refractivity contribution in [1.29, 1.82) is 0 Å². The van der Waals surface area contributed by atoms with E-state index in [0.29, 0.717) is 13.1 Å². The van der Waals surface area contributed by atoms with Crippen LogP contribution in [-0.2, 0) is 30.7 Å². The minimum Gasteiger partial charge on any atom is -0.332 e. The van der Waals surface area contributed by atoms with Gasteiger partial charge in [0.05, 0.1) is 12.6 Å². The van der Waals surface area contributed by atoms with Crippen molar-refractivity contribution < 1.29 is 4.79 Å². The van der Waals surface area contributed by atoms with Crippen LogP contribution >= 0.6 is 0 Å². The van der Waals surface area contributed by atoms with Crippen molar-refractivity contribution in [1.82, 2.24) is 24.2 Å². The lowest BCUT2D eigenvalue weighted by Gasteiger charge is -2.32. The second kappa shape index (κ2) is 7.80. The van der Waals surface area contributed by atoms with Crippen molar-refractivity contribution in [3.8, 4) is 0 Å². The number of rotatable bonds is 5. The fourth-order valence-corrected chi connectivity index (χ4v) is 3.71. The molecule has 28 heavy (non-hydrogen) atoms. The Morgan fingerprint density at radius 3 is 2.64 bits per heavy atom. The molecule has 2 aromatic heterocycles. The molecule has 4 rings (SSSR count). The number of fused-ring (bicyclic) bond motifs is 1. The van der Waals surface area contributed by atoms with Gasteiger partial charge >= 0.3 is 0 Å². The summed E-state index contributed by atoms with van der Waals surface area (Å²) in [6, 6.07) is 15.3. The number of carbonyl (C=O) groups is 1.